The van der Waals surface area contributed by atoms with Gasteiger partial charge in [-0.2, -0.15) is 0 Å². The van der Waals surface area contributed by atoms with E-state index in [0.717, 1.165) is 17.0 Å². The van der Waals surface area contributed by atoms with Crippen LogP contribution in [-0.2, 0) is 4.79 Å². The van der Waals surface area contributed by atoms with E-state index in [4.69, 9.17) is 9.47 Å². The molecule has 0 spiro atoms. The highest BCUT2D eigenvalue weighted by molar-refractivity contribution is 5.94. The molecule has 0 aliphatic carbocycles. The number of nitrogens with one attached hydrogen (secondary N) is 1. The Labute approximate surface area is 137 Å². The summed E-state index contributed by atoms with van der Waals surface area (Å²) in [6, 6.07) is 15.0. The van der Waals surface area contributed by atoms with Crippen LogP contribution >= 0.6 is 0 Å². The molecule has 0 unspecified atom stereocenters. The highest BCUT2D eigenvalue weighted by Crippen LogP contribution is 2.18. The van der Waals surface area contributed by atoms with Crippen molar-refractivity contribution in [2.45, 2.75) is 33.3 Å². The summed E-state index contributed by atoms with van der Waals surface area (Å²) in [5.41, 5.74) is 1.88. The third kappa shape index (κ3) is 5.02. The second-order valence-corrected chi connectivity index (χ2v) is 5.27. The van der Waals surface area contributed by atoms with E-state index in [0.29, 0.717) is 18.8 Å². The van der Waals surface area contributed by atoms with E-state index in [1.54, 1.807) is 0 Å². The number of aryl methyl sites for hydroxylation is 1. The minimum Gasteiger partial charge on any atom is -0.494 e. The number of hydrogen-bond donors (Lipinski definition) is 1. The van der Waals surface area contributed by atoms with Gasteiger partial charge in [0.15, 0.2) is 6.10 Å². The lowest BCUT2D eigenvalue weighted by Crippen LogP contribution is -2.32. The van der Waals surface area contributed by atoms with Gasteiger partial charge in [0.1, 0.15) is 11.5 Å². The van der Waals surface area contributed by atoms with Gasteiger partial charge in [0.25, 0.3) is 5.91 Å². The molecule has 0 aromatic heterocycles. The quantitative estimate of drug-likeness (QED) is 0.833. The van der Waals surface area contributed by atoms with Crippen molar-refractivity contribution < 1.29 is 14.3 Å². The average molecular weight is 313 g/mol. The summed E-state index contributed by atoms with van der Waals surface area (Å²) >= 11 is 0. The lowest BCUT2D eigenvalue weighted by Gasteiger charge is -2.17. The molecule has 0 saturated carbocycles. The van der Waals surface area contributed by atoms with Crippen molar-refractivity contribution >= 4 is 11.6 Å². The SMILES string of the molecule is CCOc1ccc(NC(=O)[C@H](CC)Oc2ccc(C)cc2)cc1. The molecule has 1 N–H and O–H groups in total. The molecular weight excluding hydrogens is 290 g/mol. The van der Waals surface area contributed by atoms with Crippen LogP contribution in [0, 0.1) is 6.92 Å². The van der Waals surface area contributed by atoms with Crippen LogP contribution in [0.15, 0.2) is 48.5 Å². The first kappa shape index (κ1) is 16.9. The standard InChI is InChI=1S/C19H23NO3/c1-4-18(23-17-10-6-14(3)7-11-17)19(21)20-15-8-12-16(13-9-15)22-5-2/h6-13,18H,4-5H2,1-3H3,(H,20,21)/t18-/m0/s1. The van der Waals surface area contributed by atoms with Crippen molar-refractivity contribution in [1.29, 1.82) is 0 Å². The number of amides is 1. The molecule has 0 aliphatic rings. The molecule has 23 heavy (non-hydrogen) atoms. The van der Waals surface area contributed by atoms with Crippen LogP contribution in [0.2, 0.25) is 0 Å². The molecule has 2 aromatic rings. The fourth-order valence-electron chi connectivity index (χ4n) is 2.13. The maximum atomic E-state index is 12.4. The zero-order valence-electron chi connectivity index (χ0n) is 13.8. The predicted molar refractivity (Wildman–Crippen MR) is 92.1 cm³/mol. The molecule has 4 nitrogen and oxygen atoms in total. The van der Waals surface area contributed by atoms with Crippen molar-refractivity contribution in [2.24, 2.45) is 0 Å². The monoisotopic (exact) mass is 313 g/mol. The van der Waals surface area contributed by atoms with E-state index in [1.807, 2.05) is 69.3 Å². The molecule has 1 amide bonds. The van der Waals surface area contributed by atoms with Crippen LogP contribution in [0.25, 0.3) is 0 Å². The summed E-state index contributed by atoms with van der Waals surface area (Å²) in [5, 5.41) is 2.87. The molecule has 0 aliphatic heterocycles. The van der Waals surface area contributed by atoms with E-state index < -0.39 is 6.10 Å². The molecule has 2 aromatic carbocycles. The topological polar surface area (TPSA) is 47.6 Å². The first-order chi connectivity index (χ1) is 11.1. The number of ether oxygens (including phenoxy) is 2. The lowest BCUT2D eigenvalue weighted by atomic mass is 10.2. The first-order valence-electron chi connectivity index (χ1n) is 7.89. The predicted octanol–water partition coefficient (Wildman–Crippen LogP) is 4.19. The second kappa shape index (κ2) is 8.22. The molecule has 0 bridgehead atoms. The molecule has 2 rings (SSSR count). The third-order valence-electron chi connectivity index (χ3n) is 3.40. The Morgan fingerprint density at radius 3 is 2.17 bits per heavy atom. The summed E-state index contributed by atoms with van der Waals surface area (Å²) in [6.45, 7) is 6.49. The van der Waals surface area contributed by atoms with Crippen LogP contribution in [0.1, 0.15) is 25.8 Å². The average Bonchev–Trinajstić information content (AvgIpc) is 2.56. The Balaban J connectivity index is 1.97. The van der Waals surface area contributed by atoms with Gasteiger partial charge in [-0.3, -0.25) is 4.79 Å². The van der Waals surface area contributed by atoms with Crippen LogP contribution in [0.5, 0.6) is 11.5 Å². The van der Waals surface area contributed by atoms with Crippen molar-refractivity contribution in [3.8, 4) is 11.5 Å². The maximum Gasteiger partial charge on any atom is 0.265 e. The van der Waals surface area contributed by atoms with Gasteiger partial charge < -0.3 is 14.8 Å². The lowest BCUT2D eigenvalue weighted by molar-refractivity contribution is -0.122. The number of benzene rings is 2. The second-order valence-electron chi connectivity index (χ2n) is 5.27. The van der Waals surface area contributed by atoms with E-state index in [2.05, 4.69) is 5.32 Å². The Morgan fingerprint density at radius 2 is 1.61 bits per heavy atom. The molecule has 1 atom stereocenters. The molecule has 0 radical (unpaired) electrons. The van der Waals surface area contributed by atoms with Crippen LogP contribution in [-0.4, -0.2) is 18.6 Å². The highest BCUT2D eigenvalue weighted by atomic mass is 16.5. The number of carbonyl (C=O) groups excluding carboxylic acids is 1. The smallest absolute Gasteiger partial charge is 0.265 e. The van der Waals surface area contributed by atoms with Gasteiger partial charge in [-0.1, -0.05) is 24.6 Å². The minimum atomic E-state index is -0.524. The fourth-order valence-corrected chi connectivity index (χ4v) is 2.13. The van der Waals surface area contributed by atoms with Gasteiger partial charge in [0, 0.05) is 5.69 Å². The van der Waals surface area contributed by atoms with Gasteiger partial charge in [0.05, 0.1) is 6.61 Å². The summed E-state index contributed by atoms with van der Waals surface area (Å²) in [5.74, 6) is 1.33. The van der Waals surface area contributed by atoms with Crippen LogP contribution < -0.4 is 14.8 Å². The molecular formula is C19H23NO3. The minimum absolute atomic E-state index is 0.155. The zero-order valence-corrected chi connectivity index (χ0v) is 13.8. The number of anilines is 1. The van der Waals surface area contributed by atoms with E-state index in [-0.39, 0.29) is 5.91 Å². The molecule has 0 saturated heterocycles. The third-order valence-corrected chi connectivity index (χ3v) is 3.40. The van der Waals surface area contributed by atoms with Crippen LogP contribution in [0.4, 0.5) is 5.69 Å². The van der Waals surface area contributed by atoms with Crippen molar-refractivity contribution in [3.63, 3.8) is 0 Å². The fraction of sp³-hybridized carbons (Fsp3) is 0.316. The summed E-state index contributed by atoms with van der Waals surface area (Å²) in [4.78, 5) is 12.4. The summed E-state index contributed by atoms with van der Waals surface area (Å²) < 4.78 is 11.2. The number of rotatable bonds is 7. The Bertz CT molecular complexity index is 620. The van der Waals surface area contributed by atoms with Gasteiger partial charge >= 0.3 is 0 Å². The first-order valence-corrected chi connectivity index (χ1v) is 7.89. The Kier molecular flexibility index (Phi) is 6.03. The normalized spacial score (nSPS) is 11.6. The largest absolute Gasteiger partial charge is 0.494 e. The van der Waals surface area contributed by atoms with Gasteiger partial charge in [-0.15, -0.1) is 0 Å². The van der Waals surface area contributed by atoms with Crippen molar-refractivity contribution in [2.75, 3.05) is 11.9 Å². The molecule has 0 heterocycles. The van der Waals surface area contributed by atoms with Gasteiger partial charge in [-0.25, -0.2) is 0 Å². The van der Waals surface area contributed by atoms with Crippen molar-refractivity contribution in [1.82, 2.24) is 0 Å². The zero-order chi connectivity index (χ0) is 16.7. The molecule has 0 fully saturated rings. The highest BCUT2D eigenvalue weighted by Gasteiger charge is 2.18. The van der Waals surface area contributed by atoms with E-state index in [1.165, 1.54) is 0 Å². The number of carbonyl (C=O) groups is 1. The molecule has 122 valence electrons. The molecule has 4 heteroatoms. The summed E-state index contributed by atoms with van der Waals surface area (Å²) in [7, 11) is 0. The Hall–Kier alpha value is -2.49. The van der Waals surface area contributed by atoms with Crippen LogP contribution in [0.3, 0.4) is 0 Å². The van der Waals surface area contributed by atoms with Gasteiger partial charge in [0.2, 0.25) is 0 Å². The van der Waals surface area contributed by atoms with E-state index in [9.17, 15) is 4.79 Å². The Morgan fingerprint density at radius 1 is 1.00 bits per heavy atom. The summed E-state index contributed by atoms with van der Waals surface area (Å²) in [6.07, 6.45) is 0.0702. The number of hydrogen-bond acceptors (Lipinski definition) is 3. The van der Waals surface area contributed by atoms with E-state index >= 15 is 0 Å². The van der Waals surface area contributed by atoms with Gasteiger partial charge in [-0.05, 0) is 56.7 Å². The maximum absolute atomic E-state index is 12.4. The van der Waals surface area contributed by atoms with Crippen molar-refractivity contribution in [3.05, 3.63) is 54.1 Å².